The lowest BCUT2D eigenvalue weighted by atomic mass is 10.4. The summed E-state index contributed by atoms with van der Waals surface area (Å²) in [5, 5.41) is 0. The molecule has 0 amide bonds. The minimum atomic E-state index is -0.430. The molecule has 0 N–H and O–H groups in total. The summed E-state index contributed by atoms with van der Waals surface area (Å²) in [7, 11) is 1.33. The zero-order valence-electron chi connectivity index (χ0n) is 5.96. The maximum atomic E-state index is 10.8. The summed E-state index contributed by atoms with van der Waals surface area (Å²) in [6.07, 6.45) is 0. The minimum absolute atomic E-state index is 0.263. The molecule has 1 aromatic heterocycles. The van der Waals surface area contributed by atoms with Gasteiger partial charge in [0.15, 0.2) is 0 Å². The molecule has 3 nitrogen and oxygen atoms in total. The van der Waals surface area contributed by atoms with E-state index in [1.165, 1.54) is 7.11 Å². The van der Waals surface area contributed by atoms with Gasteiger partial charge in [-0.05, 0) is 12.1 Å². The van der Waals surface area contributed by atoms with Crippen molar-refractivity contribution in [2.75, 3.05) is 7.11 Å². The van der Waals surface area contributed by atoms with E-state index in [9.17, 15) is 4.79 Å². The van der Waals surface area contributed by atoms with Gasteiger partial charge in [-0.2, -0.15) is 0 Å². The summed E-state index contributed by atoms with van der Waals surface area (Å²) in [4.78, 5) is 10.8. The highest BCUT2D eigenvalue weighted by molar-refractivity contribution is 14.1. The smallest absolute Gasteiger partial charge is 0.373 e. The second kappa shape index (κ2) is 3.75. The van der Waals surface area contributed by atoms with Crippen molar-refractivity contribution in [1.29, 1.82) is 0 Å². The fourth-order valence-corrected chi connectivity index (χ4v) is 1.07. The molecule has 0 atom stereocenters. The van der Waals surface area contributed by atoms with Crippen molar-refractivity contribution in [1.82, 2.24) is 0 Å². The summed E-state index contributed by atoms with van der Waals surface area (Å²) in [6, 6.07) is 3.37. The van der Waals surface area contributed by atoms with Crippen LogP contribution in [0.3, 0.4) is 0 Å². The van der Waals surface area contributed by atoms with Crippen LogP contribution in [-0.4, -0.2) is 13.1 Å². The van der Waals surface area contributed by atoms with Crippen molar-refractivity contribution in [3.05, 3.63) is 23.7 Å². The van der Waals surface area contributed by atoms with Gasteiger partial charge in [-0.15, -0.1) is 0 Å². The molecule has 0 aliphatic carbocycles. The van der Waals surface area contributed by atoms with Crippen LogP contribution in [0.4, 0.5) is 0 Å². The fourth-order valence-electron chi connectivity index (χ4n) is 0.660. The van der Waals surface area contributed by atoms with E-state index in [2.05, 4.69) is 27.3 Å². The van der Waals surface area contributed by atoms with E-state index in [0.717, 1.165) is 10.2 Å². The van der Waals surface area contributed by atoms with Crippen LogP contribution in [0.15, 0.2) is 16.5 Å². The molecule has 0 unspecified atom stereocenters. The third-order valence-corrected chi connectivity index (χ3v) is 1.93. The van der Waals surface area contributed by atoms with Crippen LogP contribution >= 0.6 is 22.6 Å². The number of halogens is 1. The number of hydrogen-bond acceptors (Lipinski definition) is 3. The molecule has 0 aromatic carbocycles. The summed E-state index contributed by atoms with van der Waals surface area (Å²) < 4.78 is 10.3. The molecule has 0 bridgehead atoms. The average molecular weight is 266 g/mol. The van der Waals surface area contributed by atoms with Gasteiger partial charge in [0.2, 0.25) is 5.76 Å². The summed E-state index contributed by atoms with van der Waals surface area (Å²) in [5.74, 6) is 0.617. The Balaban J connectivity index is 2.80. The molecule has 11 heavy (non-hydrogen) atoms. The number of carbonyl (C=O) groups excluding carboxylic acids is 1. The van der Waals surface area contributed by atoms with Gasteiger partial charge in [0.05, 0.1) is 11.5 Å². The van der Waals surface area contributed by atoms with Gasteiger partial charge in [-0.3, -0.25) is 0 Å². The molecule has 1 heterocycles. The maximum absolute atomic E-state index is 10.8. The highest BCUT2D eigenvalue weighted by atomic mass is 127. The monoisotopic (exact) mass is 266 g/mol. The Morgan fingerprint density at radius 3 is 2.91 bits per heavy atom. The van der Waals surface area contributed by atoms with Crippen molar-refractivity contribution in [2.45, 2.75) is 4.43 Å². The van der Waals surface area contributed by atoms with Crippen molar-refractivity contribution in [3.63, 3.8) is 0 Å². The Bertz CT molecular complexity index is 254. The highest BCUT2D eigenvalue weighted by Gasteiger charge is 2.09. The lowest BCUT2D eigenvalue weighted by molar-refractivity contribution is 0.0563. The zero-order valence-corrected chi connectivity index (χ0v) is 8.12. The summed E-state index contributed by atoms with van der Waals surface area (Å²) >= 11 is 2.16. The molecule has 0 aliphatic rings. The maximum Gasteiger partial charge on any atom is 0.373 e. The third-order valence-electron chi connectivity index (χ3n) is 1.18. The van der Waals surface area contributed by atoms with E-state index in [-0.39, 0.29) is 5.76 Å². The predicted octanol–water partition coefficient (Wildman–Crippen LogP) is 2.00. The third kappa shape index (κ3) is 1.95. The first-order chi connectivity index (χ1) is 5.27. The summed E-state index contributed by atoms with van der Waals surface area (Å²) in [6.45, 7) is 0. The van der Waals surface area contributed by atoms with Gasteiger partial charge >= 0.3 is 5.97 Å². The number of carbonyl (C=O) groups is 1. The van der Waals surface area contributed by atoms with E-state index in [1.54, 1.807) is 12.1 Å². The van der Waals surface area contributed by atoms with Gasteiger partial charge in [-0.1, -0.05) is 22.6 Å². The highest BCUT2D eigenvalue weighted by Crippen LogP contribution is 2.11. The molecule has 0 spiro atoms. The quantitative estimate of drug-likeness (QED) is 0.467. The van der Waals surface area contributed by atoms with Crippen LogP contribution in [0, 0.1) is 0 Å². The zero-order chi connectivity index (χ0) is 8.27. The van der Waals surface area contributed by atoms with E-state index < -0.39 is 5.97 Å². The molecule has 1 rings (SSSR count). The molecule has 4 heteroatoms. The molecule has 60 valence electrons. The van der Waals surface area contributed by atoms with Gasteiger partial charge in [0.1, 0.15) is 5.76 Å². The number of esters is 1. The Hall–Kier alpha value is -0.520. The minimum Gasteiger partial charge on any atom is -0.463 e. The molecule has 0 aliphatic heterocycles. The SMILES string of the molecule is COC(=O)c1ccc(CI)o1. The number of ether oxygens (including phenoxy) is 1. The van der Waals surface area contributed by atoms with E-state index in [1.807, 2.05) is 0 Å². The van der Waals surface area contributed by atoms with Crippen molar-refractivity contribution in [2.24, 2.45) is 0 Å². The second-order valence-electron chi connectivity index (χ2n) is 1.89. The largest absolute Gasteiger partial charge is 0.463 e. The number of furan rings is 1. The normalized spacial score (nSPS) is 9.64. The van der Waals surface area contributed by atoms with Crippen LogP contribution in [-0.2, 0) is 9.16 Å². The van der Waals surface area contributed by atoms with E-state index in [4.69, 9.17) is 4.42 Å². The first-order valence-electron chi connectivity index (χ1n) is 3.01. The topological polar surface area (TPSA) is 39.4 Å². The number of rotatable bonds is 2. The Labute approximate surface area is 77.9 Å². The molecule has 0 saturated heterocycles. The van der Waals surface area contributed by atoms with E-state index in [0.29, 0.717) is 0 Å². The van der Waals surface area contributed by atoms with Crippen LogP contribution in [0.5, 0.6) is 0 Å². The van der Waals surface area contributed by atoms with Gasteiger partial charge in [-0.25, -0.2) is 4.79 Å². The van der Waals surface area contributed by atoms with Crippen LogP contribution < -0.4 is 0 Å². The first kappa shape index (κ1) is 8.58. The predicted molar refractivity (Wildman–Crippen MR) is 47.8 cm³/mol. The Morgan fingerprint density at radius 2 is 2.45 bits per heavy atom. The lowest BCUT2D eigenvalue weighted by Crippen LogP contribution is -1.98. The average Bonchev–Trinajstić information content (AvgIpc) is 2.50. The molecule has 0 radical (unpaired) electrons. The van der Waals surface area contributed by atoms with Crippen molar-refractivity contribution < 1.29 is 13.9 Å². The Kier molecular flexibility index (Phi) is 2.92. The molecule has 0 fully saturated rings. The summed E-state index contributed by atoms with van der Waals surface area (Å²) in [5.41, 5.74) is 0. The fraction of sp³-hybridized carbons (Fsp3) is 0.286. The van der Waals surface area contributed by atoms with Crippen molar-refractivity contribution in [3.8, 4) is 0 Å². The molecule has 1 aromatic rings. The van der Waals surface area contributed by atoms with Gasteiger partial charge in [0, 0.05) is 0 Å². The first-order valence-corrected chi connectivity index (χ1v) is 4.53. The second-order valence-corrected chi connectivity index (χ2v) is 2.65. The van der Waals surface area contributed by atoms with E-state index >= 15 is 0 Å². The van der Waals surface area contributed by atoms with Crippen LogP contribution in [0.25, 0.3) is 0 Å². The standard InChI is InChI=1S/C7H7IO3/c1-10-7(9)6-3-2-5(4-8)11-6/h2-3H,4H2,1H3. The van der Waals surface area contributed by atoms with Crippen LogP contribution in [0.2, 0.25) is 0 Å². The number of hydrogen-bond donors (Lipinski definition) is 0. The molecule has 0 saturated carbocycles. The van der Waals surface area contributed by atoms with Gasteiger partial charge < -0.3 is 9.15 Å². The number of methoxy groups -OCH3 is 1. The molecular weight excluding hydrogens is 259 g/mol. The Morgan fingerprint density at radius 1 is 1.73 bits per heavy atom. The van der Waals surface area contributed by atoms with Gasteiger partial charge in [0.25, 0.3) is 0 Å². The lowest BCUT2D eigenvalue weighted by Gasteiger charge is -1.91. The molecular formula is C7H7IO3. The number of alkyl halides is 1. The van der Waals surface area contributed by atoms with Crippen LogP contribution in [0.1, 0.15) is 16.3 Å². The van der Waals surface area contributed by atoms with Crippen molar-refractivity contribution >= 4 is 28.6 Å².